The van der Waals surface area contributed by atoms with Crippen LogP contribution in [0.15, 0.2) is 55.6 Å². The molecule has 2 bridgehead atoms. The van der Waals surface area contributed by atoms with Gasteiger partial charge >= 0.3 is 5.97 Å². The van der Waals surface area contributed by atoms with Gasteiger partial charge in [0.2, 0.25) is 17.7 Å². The van der Waals surface area contributed by atoms with E-state index in [4.69, 9.17) is 9.47 Å². The van der Waals surface area contributed by atoms with Crippen LogP contribution in [0.3, 0.4) is 0 Å². The summed E-state index contributed by atoms with van der Waals surface area (Å²) in [6, 6.07) is 7.13. The van der Waals surface area contributed by atoms with E-state index in [1.165, 1.54) is 4.90 Å². The lowest BCUT2D eigenvalue weighted by Gasteiger charge is -2.40. The van der Waals surface area contributed by atoms with Crippen LogP contribution in [-0.2, 0) is 28.7 Å². The van der Waals surface area contributed by atoms with Crippen LogP contribution in [0, 0.1) is 17.8 Å². The van der Waals surface area contributed by atoms with Crippen LogP contribution in [0.2, 0.25) is 0 Å². The smallest absolute Gasteiger partial charge is 0.313 e. The van der Waals surface area contributed by atoms with Crippen LogP contribution in [0.1, 0.15) is 77.9 Å². The fraction of sp³-hybridized carbons (Fsp3) is 0.622. The topological polar surface area (TPSA) is 117 Å². The van der Waals surface area contributed by atoms with Gasteiger partial charge in [-0.05, 0) is 44.1 Å². The number of hydrogen-bond acceptors (Lipinski definition) is 7. The molecular weight excluding hydrogens is 598 g/mol. The first-order chi connectivity index (χ1) is 22.5. The fourth-order valence-corrected chi connectivity index (χ4v) is 7.71. The van der Waals surface area contributed by atoms with Gasteiger partial charge in [0.25, 0.3) is 0 Å². The number of benzene rings is 1. The zero-order valence-electron chi connectivity index (χ0n) is 28.7. The molecule has 3 saturated heterocycles. The van der Waals surface area contributed by atoms with Crippen molar-refractivity contribution in [2.24, 2.45) is 17.8 Å². The maximum atomic E-state index is 14.6. The molecule has 0 unspecified atom stereocenters. The molecule has 1 spiro atoms. The molecule has 10 heteroatoms. The Labute approximate surface area is 279 Å². The van der Waals surface area contributed by atoms with E-state index in [1.807, 2.05) is 58.0 Å². The summed E-state index contributed by atoms with van der Waals surface area (Å²) in [5.41, 5.74) is -0.499. The number of nitrogens with zero attached hydrogens (tertiary/aromatic N) is 3. The Morgan fingerprint density at radius 1 is 1.17 bits per heavy atom. The number of allylic oxidation sites excluding steroid dienone is 1. The van der Waals surface area contributed by atoms with Gasteiger partial charge in [0.1, 0.15) is 17.7 Å². The van der Waals surface area contributed by atoms with Crippen LogP contribution in [0.4, 0.5) is 0 Å². The first-order valence-electron chi connectivity index (χ1n) is 17.1. The Bertz CT molecular complexity index is 1300. The lowest BCUT2D eigenvalue weighted by molar-refractivity contribution is -0.165. The van der Waals surface area contributed by atoms with Crippen LogP contribution < -0.4 is 0 Å². The molecule has 0 saturated carbocycles. The Hall–Kier alpha value is -3.50. The number of carbonyl (C=O) groups excluding carboxylic acids is 4. The van der Waals surface area contributed by atoms with Crippen molar-refractivity contribution in [3.05, 3.63) is 61.2 Å². The van der Waals surface area contributed by atoms with Crippen molar-refractivity contribution in [2.75, 3.05) is 26.7 Å². The van der Waals surface area contributed by atoms with Crippen LogP contribution >= 0.6 is 0 Å². The summed E-state index contributed by atoms with van der Waals surface area (Å²) < 4.78 is 13.0. The standard InChI is InChI=1S/C37H53N3O7/c1-8-11-18-29(42)38(7)25(6)32(26-16-14-13-15-17-26)46-36(45)30-28-19-20-37(47-28)31(30)34(43)40(27(23-41)24(4)5)33(37)35(44)39(21-10-3)22-12-9-2/h8,10,13-17,24-25,27-28,30-33,41H,1,3,9,11-12,18-23H2,2,4-7H3/t25-,27+,28+,30-,31-,32+,33+,37-/m1/s1. The zero-order valence-corrected chi connectivity index (χ0v) is 28.7. The van der Waals surface area contributed by atoms with Crippen molar-refractivity contribution >= 4 is 23.7 Å². The van der Waals surface area contributed by atoms with Gasteiger partial charge in [-0.15, -0.1) is 13.2 Å². The van der Waals surface area contributed by atoms with E-state index in [1.54, 1.807) is 29.0 Å². The number of likely N-dealkylation sites (N-methyl/N-ethyl adjacent to an activating group) is 1. The molecule has 1 aromatic carbocycles. The lowest BCUT2D eigenvalue weighted by atomic mass is 9.70. The molecule has 10 nitrogen and oxygen atoms in total. The number of rotatable bonds is 17. The lowest BCUT2D eigenvalue weighted by Crippen LogP contribution is -2.59. The van der Waals surface area contributed by atoms with Gasteiger partial charge in [-0.2, -0.15) is 0 Å². The van der Waals surface area contributed by atoms with Gasteiger partial charge < -0.3 is 29.3 Å². The minimum atomic E-state index is -1.22. The molecule has 3 fully saturated rings. The molecule has 1 N–H and O–H groups in total. The predicted molar refractivity (Wildman–Crippen MR) is 179 cm³/mol. The highest BCUT2D eigenvalue weighted by Crippen LogP contribution is 2.59. The number of aliphatic hydroxyl groups excluding tert-OH is 1. The first-order valence-corrected chi connectivity index (χ1v) is 17.1. The van der Waals surface area contributed by atoms with E-state index < -0.39 is 53.7 Å². The molecule has 47 heavy (non-hydrogen) atoms. The number of amides is 3. The minimum Gasteiger partial charge on any atom is -0.455 e. The molecule has 0 radical (unpaired) electrons. The molecule has 0 aliphatic carbocycles. The molecule has 3 aliphatic rings. The molecule has 0 aromatic heterocycles. The van der Waals surface area contributed by atoms with Crippen molar-refractivity contribution in [1.29, 1.82) is 0 Å². The van der Waals surface area contributed by atoms with E-state index in [2.05, 4.69) is 13.2 Å². The Morgan fingerprint density at radius 3 is 2.47 bits per heavy atom. The normalized spacial score (nSPS) is 26.4. The molecule has 8 atom stereocenters. The van der Waals surface area contributed by atoms with Crippen molar-refractivity contribution in [2.45, 2.75) is 102 Å². The second-order valence-electron chi connectivity index (χ2n) is 13.6. The van der Waals surface area contributed by atoms with E-state index in [0.717, 1.165) is 18.4 Å². The average Bonchev–Trinajstić information content (AvgIpc) is 3.71. The van der Waals surface area contributed by atoms with Crippen molar-refractivity contribution in [1.82, 2.24) is 14.7 Å². The Morgan fingerprint density at radius 2 is 1.87 bits per heavy atom. The molecule has 4 rings (SSSR count). The van der Waals surface area contributed by atoms with E-state index in [-0.39, 0.29) is 36.7 Å². The van der Waals surface area contributed by atoms with Gasteiger partial charge in [0.05, 0.1) is 36.6 Å². The number of hydrogen-bond donors (Lipinski definition) is 1. The second-order valence-corrected chi connectivity index (χ2v) is 13.6. The molecule has 3 heterocycles. The summed E-state index contributed by atoms with van der Waals surface area (Å²) in [5, 5.41) is 10.5. The van der Waals surface area contributed by atoms with Crippen LogP contribution in [-0.4, -0.2) is 100 Å². The first kappa shape index (κ1) is 36.3. The summed E-state index contributed by atoms with van der Waals surface area (Å²) in [5.74, 6) is -3.34. The minimum absolute atomic E-state index is 0.101. The largest absolute Gasteiger partial charge is 0.455 e. The highest BCUT2D eigenvalue weighted by atomic mass is 16.6. The maximum Gasteiger partial charge on any atom is 0.313 e. The third-order valence-corrected chi connectivity index (χ3v) is 10.4. The molecule has 258 valence electrons. The molecule has 3 amide bonds. The predicted octanol–water partition coefficient (Wildman–Crippen LogP) is 4.29. The quantitative estimate of drug-likeness (QED) is 0.197. The zero-order chi connectivity index (χ0) is 34.5. The third-order valence-electron chi connectivity index (χ3n) is 10.4. The number of ether oxygens (including phenoxy) is 2. The highest BCUT2D eigenvalue weighted by molar-refractivity contribution is 5.98. The number of fused-ring (bicyclic) bond motifs is 1. The maximum absolute atomic E-state index is 14.6. The number of esters is 1. The van der Waals surface area contributed by atoms with E-state index in [0.29, 0.717) is 32.4 Å². The van der Waals surface area contributed by atoms with Gasteiger partial charge in [0, 0.05) is 26.6 Å². The number of likely N-dealkylation sites (tertiary alicyclic amines) is 1. The second kappa shape index (κ2) is 15.6. The summed E-state index contributed by atoms with van der Waals surface area (Å²) in [6.07, 6.45) is 5.38. The van der Waals surface area contributed by atoms with Gasteiger partial charge in [-0.25, -0.2) is 0 Å². The van der Waals surface area contributed by atoms with E-state index >= 15 is 0 Å². The third kappa shape index (κ3) is 6.90. The number of carbonyl (C=O) groups is 4. The van der Waals surface area contributed by atoms with Crippen molar-refractivity contribution in [3.8, 4) is 0 Å². The van der Waals surface area contributed by atoms with Crippen LogP contribution in [0.5, 0.6) is 0 Å². The molecular formula is C37H53N3O7. The monoisotopic (exact) mass is 651 g/mol. The van der Waals surface area contributed by atoms with E-state index in [9.17, 15) is 24.3 Å². The Balaban J connectivity index is 1.71. The van der Waals surface area contributed by atoms with Crippen molar-refractivity contribution < 1.29 is 33.8 Å². The van der Waals surface area contributed by atoms with Gasteiger partial charge in [-0.1, -0.05) is 69.7 Å². The summed E-state index contributed by atoms with van der Waals surface area (Å²) in [7, 11) is 1.69. The summed E-state index contributed by atoms with van der Waals surface area (Å²) in [4.78, 5) is 61.2. The number of unbranched alkanes of at least 4 members (excludes halogenated alkanes) is 1. The van der Waals surface area contributed by atoms with Crippen LogP contribution in [0.25, 0.3) is 0 Å². The highest BCUT2D eigenvalue weighted by Gasteiger charge is 2.75. The van der Waals surface area contributed by atoms with Gasteiger partial charge in [-0.3, -0.25) is 19.2 Å². The molecule has 1 aromatic rings. The molecule has 3 aliphatic heterocycles. The average molecular weight is 652 g/mol. The summed E-state index contributed by atoms with van der Waals surface area (Å²) >= 11 is 0. The summed E-state index contributed by atoms with van der Waals surface area (Å²) in [6.45, 7) is 15.7. The fourth-order valence-electron chi connectivity index (χ4n) is 7.71. The van der Waals surface area contributed by atoms with Gasteiger partial charge in [0.15, 0.2) is 0 Å². The number of aliphatic hydroxyl groups is 1. The van der Waals surface area contributed by atoms with Crippen molar-refractivity contribution in [3.63, 3.8) is 0 Å². The Kier molecular flexibility index (Phi) is 12.1. The SMILES string of the molecule is C=CCCC(=O)N(C)[C@H](C)[C@H](OC(=O)[C@@H]1[C@@H]2CC[C@]3(O2)[C@H](C(=O)N(CC=C)CCCC)N([C@@H](CO)C(C)C)C(=O)[C@@H]13)c1ccccc1.